The molecule has 184 valence electrons. The van der Waals surface area contributed by atoms with Crippen molar-refractivity contribution < 1.29 is 23.5 Å². The molecule has 0 aliphatic rings. The third kappa shape index (κ3) is 6.96. The predicted molar refractivity (Wildman–Crippen MR) is 133 cm³/mol. The van der Waals surface area contributed by atoms with E-state index < -0.39 is 6.04 Å². The molecule has 6 nitrogen and oxygen atoms in total. The fraction of sp³-hybridized carbons (Fsp3) is 0.259. The Hall–Kier alpha value is -3.58. The van der Waals surface area contributed by atoms with E-state index in [0.29, 0.717) is 27.6 Å². The number of benzene rings is 3. The molecule has 0 spiro atoms. The fourth-order valence-corrected chi connectivity index (χ4v) is 3.81. The van der Waals surface area contributed by atoms with Gasteiger partial charge in [0.05, 0.1) is 20.6 Å². The molecule has 1 N–H and O–H groups in total. The Kier molecular flexibility index (Phi) is 9.09. The van der Waals surface area contributed by atoms with E-state index in [4.69, 9.17) is 21.1 Å². The summed E-state index contributed by atoms with van der Waals surface area (Å²) in [7, 11) is 3.06. The number of nitrogens with zero attached hydrogens (tertiary/aromatic N) is 1. The molecule has 0 aliphatic carbocycles. The van der Waals surface area contributed by atoms with E-state index in [9.17, 15) is 14.0 Å². The standard InChI is InChI=1S/C27H28ClFN2O4/c1-18(27(33)30-16-21-6-4-5-7-23(21)28)31(17-19-8-11-22(29)12-9-19)26(32)15-20-10-13-24(34-2)25(14-20)35-3/h4-14,18H,15-17H2,1-3H3,(H,30,33). The number of amides is 2. The minimum Gasteiger partial charge on any atom is -0.493 e. The number of carbonyl (C=O) groups is 2. The second-order valence-corrected chi connectivity index (χ2v) is 8.41. The summed E-state index contributed by atoms with van der Waals surface area (Å²) in [4.78, 5) is 27.9. The van der Waals surface area contributed by atoms with Gasteiger partial charge in [0.15, 0.2) is 11.5 Å². The Balaban J connectivity index is 1.79. The van der Waals surface area contributed by atoms with Crippen LogP contribution in [0.1, 0.15) is 23.6 Å². The second-order valence-electron chi connectivity index (χ2n) is 8.00. The van der Waals surface area contributed by atoms with Crippen LogP contribution in [0.15, 0.2) is 66.7 Å². The van der Waals surface area contributed by atoms with Crippen LogP contribution in [-0.4, -0.2) is 37.0 Å². The summed E-state index contributed by atoms with van der Waals surface area (Å²) in [6, 6.07) is 17.5. The normalized spacial score (nSPS) is 11.5. The number of hydrogen-bond donors (Lipinski definition) is 1. The minimum atomic E-state index is -0.782. The second kappa shape index (κ2) is 12.2. The molecule has 3 rings (SSSR count). The van der Waals surface area contributed by atoms with Crippen LogP contribution in [0.4, 0.5) is 4.39 Å². The Morgan fingerprint density at radius 2 is 1.63 bits per heavy atom. The summed E-state index contributed by atoms with van der Waals surface area (Å²) < 4.78 is 24.0. The van der Waals surface area contributed by atoms with Crippen molar-refractivity contribution >= 4 is 23.4 Å². The topological polar surface area (TPSA) is 67.9 Å². The van der Waals surface area contributed by atoms with Crippen molar-refractivity contribution in [3.63, 3.8) is 0 Å². The van der Waals surface area contributed by atoms with E-state index in [1.54, 1.807) is 43.3 Å². The lowest BCUT2D eigenvalue weighted by atomic mass is 10.1. The lowest BCUT2D eigenvalue weighted by Gasteiger charge is -2.29. The lowest BCUT2D eigenvalue weighted by Crippen LogP contribution is -2.48. The highest BCUT2D eigenvalue weighted by Crippen LogP contribution is 2.28. The van der Waals surface area contributed by atoms with Gasteiger partial charge in [-0.3, -0.25) is 9.59 Å². The maximum atomic E-state index is 13.4. The first kappa shape index (κ1) is 26.0. The zero-order valence-corrected chi connectivity index (χ0v) is 20.6. The van der Waals surface area contributed by atoms with Crippen LogP contribution in [0.3, 0.4) is 0 Å². The Bertz CT molecular complexity index is 1170. The van der Waals surface area contributed by atoms with Crippen LogP contribution in [0.25, 0.3) is 0 Å². The Morgan fingerprint density at radius 1 is 0.971 bits per heavy atom. The molecule has 8 heteroatoms. The van der Waals surface area contributed by atoms with Gasteiger partial charge >= 0.3 is 0 Å². The van der Waals surface area contributed by atoms with Gasteiger partial charge in [0.2, 0.25) is 11.8 Å². The summed E-state index contributed by atoms with van der Waals surface area (Å²) in [5, 5.41) is 3.40. The van der Waals surface area contributed by atoms with Crippen LogP contribution >= 0.6 is 11.6 Å². The van der Waals surface area contributed by atoms with E-state index in [-0.39, 0.29) is 37.1 Å². The number of rotatable bonds is 10. The van der Waals surface area contributed by atoms with Crippen molar-refractivity contribution in [3.05, 3.63) is 94.3 Å². The van der Waals surface area contributed by atoms with Gasteiger partial charge in [-0.25, -0.2) is 4.39 Å². The third-order valence-electron chi connectivity index (χ3n) is 5.65. The summed E-state index contributed by atoms with van der Waals surface area (Å²) in [5.41, 5.74) is 2.19. The predicted octanol–water partition coefficient (Wildman–Crippen LogP) is 4.77. The first-order valence-electron chi connectivity index (χ1n) is 11.1. The molecule has 1 unspecified atom stereocenters. The third-order valence-corrected chi connectivity index (χ3v) is 6.02. The average Bonchev–Trinajstić information content (AvgIpc) is 2.87. The van der Waals surface area contributed by atoms with E-state index in [2.05, 4.69) is 5.32 Å². The molecule has 1 atom stereocenters. The molecule has 0 saturated heterocycles. The van der Waals surface area contributed by atoms with Gasteiger partial charge in [0.1, 0.15) is 11.9 Å². The molecule has 3 aromatic rings. The van der Waals surface area contributed by atoms with E-state index in [1.807, 2.05) is 18.2 Å². The van der Waals surface area contributed by atoms with Gasteiger partial charge in [0.25, 0.3) is 0 Å². The smallest absolute Gasteiger partial charge is 0.242 e. The Morgan fingerprint density at radius 3 is 2.29 bits per heavy atom. The maximum absolute atomic E-state index is 13.4. The van der Waals surface area contributed by atoms with E-state index in [0.717, 1.165) is 5.56 Å². The number of ether oxygens (including phenoxy) is 2. The van der Waals surface area contributed by atoms with E-state index in [1.165, 1.54) is 31.3 Å². The molecule has 35 heavy (non-hydrogen) atoms. The van der Waals surface area contributed by atoms with Gasteiger partial charge in [0, 0.05) is 18.1 Å². The minimum absolute atomic E-state index is 0.0453. The molecule has 0 radical (unpaired) electrons. The largest absolute Gasteiger partial charge is 0.493 e. The first-order chi connectivity index (χ1) is 16.8. The number of nitrogens with one attached hydrogen (secondary N) is 1. The van der Waals surface area contributed by atoms with Crippen LogP contribution < -0.4 is 14.8 Å². The summed E-state index contributed by atoms with van der Waals surface area (Å²) in [6.45, 7) is 2.04. The molecular formula is C27H28ClFN2O4. The van der Waals surface area contributed by atoms with E-state index >= 15 is 0 Å². The van der Waals surface area contributed by atoms with Crippen molar-refractivity contribution in [2.24, 2.45) is 0 Å². The Labute approximate surface area is 209 Å². The molecule has 0 aromatic heterocycles. The summed E-state index contributed by atoms with van der Waals surface area (Å²) >= 11 is 6.19. The van der Waals surface area contributed by atoms with Crippen LogP contribution in [-0.2, 0) is 29.1 Å². The van der Waals surface area contributed by atoms with Crippen LogP contribution in [0, 0.1) is 5.82 Å². The number of carbonyl (C=O) groups excluding carboxylic acids is 2. The van der Waals surface area contributed by atoms with Crippen molar-refractivity contribution in [2.75, 3.05) is 14.2 Å². The van der Waals surface area contributed by atoms with Crippen molar-refractivity contribution in [1.82, 2.24) is 10.2 Å². The molecule has 0 heterocycles. The van der Waals surface area contributed by atoms with Gasteiger partial charge in [-0.05, 0) is 53.9 Å². The van der Waals surface area contributed by atoms with Gasteiger partial charge in [-0.1, -0.05) is 48.0 Å². The van der Waals surface area contributed by atoms with Crippen molar-refractivity contribution in [1.29, 1.82) is 0 Å². The molecule has 0 aliphatic heterocycles. The zero-order chi connectivity index (χ0) is 25.4. The SMILES string of the molecule is COc1ccc(CC(=O)N(Cc2ccc(F)cc2)C(C)C(=O)NCc2ccccc2Cl)cc1OC. The average molecular weight is 499 g/mol. The van der Waals surface area contributed by atoms with Crippen molar-refractivity contribution in [3.8, 4) is 11.5 Å². The summed E-state index contributed by atoms with van der Waals surface area (Å²) in [5.74, 6) is 0.102. The van der Waals surface area contributed by atoms with Crippen LogP contribution in [0.2, 0.25) is 5.02 Å². The molecule has 0 fully saturated rings. The molecule has 0 saturated carbocycles. The highest BCUT2D eigenvalue weighted by Gasteiger charge is 2.26. The molecular weight excluding hydrogens is 471 g/mol. The number of halogens is 2. The lowest BCUT2D eigenvalue weighted by molar-refractivity contribution is -0.140. The maximum Gasteiger partial charge on any atom is 0.242 e. The molecule has 3 aromatic carbocycles. The summed E-state index contributed by atoms with van der Waals surface area (Å²) in [6.07, 6.45) is 0.0453. The highest BCUT2D eigenvalue weighted by molar-refractivity contribution is 6.31. The number of hydrogen-bond acceptors (Lipinski definition) is 4. The molecule has 0 bridgehead atoms. The zero-order valence-electron chi connectivity index (χ0n) is 19.9. The quantitative estimate of drug-likeness (QED) is 0.437. The first-order valence-corrected chi connectivity index (χ1v) is 11.5. The van der Waals surface area contributed by atoms with Crippen LogP contribution in [0.5, 0.6) is 11.5 Å². The fourth-order valence-electron chi connectivity index (χ4n) is 3.61. The molecule has 2 amide bonds. The van der Waals surface area contributed by atoms with Gasteiger partial charge < -0.3 is 19.7 Å². The monoisotopic (exact) mass is 498 g/mol. The number of methoxy groups -OCH3 is 2. The van der Waals surface area contributed by atoms with Crippen molar-refractivity contribution in [2.45, 2.75) is 32.5 Å². The van der Waals surface area contributed by atoms with Gasteiger partial charge in [-0.2, -0.15) is 0 Å². The van der Waals surface area contributed by atoms with Gasteiger partial charge in [-0.15, -0.1) is 0 Å². The highest BCUT2D eigenvalue weighted by atomic mass is 35.5.